The van der Waals surface area contributed by atoms with Gasteiger partial charge in [-0.15, -0.1) is 11.8 Å². The van der Waals surface area contributed by atoms with Crippen molar-refractivity contribution in [3.8, 4) is 0 Å². The van der Waals surface area contributed by atoms with E-state index in [1.807, 2.05) is 24.3 Å². The third-order valence-corrected chi connectivity index (χ3v) is 3.14. The highest BCUT2D eigenvalue weighted by molar-refractivity contribution is 7.98. The summed E-state index contributed by atoms with van der Waals surface area (Å²) in [7, 11) is 0. The molecule has 1 aromatic heterocycles. The number of nitrogens with two attached hydrogens (primary N) is 1. The van der Waals surface area contributed by atoms with E-state index in [9.17, 15) is 0 Å². The number of thioether (sulfide) groups is 1. The van der Waals surface area contributed by atoms with E-state index in [1.165, 1.54) is 0 Å². The van der Waals surface area contributed by atoms with E-state index in [0.29, 0.717) is 5.15 Å². The number of anilines is 1. The van der Waals surface area contributed by atoms with Gasteiger partial charge in [-0.2, -0.15) is 0 Å². The Morgan fingerprint density at radius 1 is 1.25 bits per heavy atom. The summed E-state index contributed by atoms with van der Waals surface area (Å²) in [5.41, 5.74) is 7.36. The first-order chi connectivity index (χ1) is 7.74. The largest absolute Gasteiger partial charge is 0.399 e. The average Bonchev–Trinajstić information content (AvgIpc) is 2.28. The van der Waals surface area contributed by atoms with Gasteiger partial charge < -0.3 is 5.73 Å². The van der Waals surface area contributed by atoms with Crippen molar-refractivity contribution in [2.75, 3.05) is 5.73 Å². The van der Waals surface area contributed by atoms with Crippen LogP contribution in [-0.4, -0.2) is 9.97 Å². The lowest BCUT2D eigenvalue weighted by Crippen LogP contribution is -1.89. The molecule has 82 valence electrons. The lowest BCUT2D eigenvalue weighted by atomic mass is 10.3. The van der Waals surface area contributed by atoms with Gasteiger partial charge in [0.2, 0.25) is 0 Å². The Kier molecular flexibility index (Phi) is 3.64. The highest BCUT2D eigenvalue weighted by atomic mass is 35.5. The Morgan fingerprint density at radius 3 is 2.81 bits per heavy atom. The Balaban J connectivity index is 1.99. The second kappa shape index (κ2) is 5.18. The molecule has 0 aliphatic rings. The van der Waals surface area contributed by atoms with Gasteiger partial charge in [0.05, 0.1) is 18.1 Å². The van der Waals surface area contributed by atoms with Crippen molar-refractivity contribution in [2.24, 2.45) is 0 Å². The zero-order valence-corrected chi connectivity index (χ0v) is 10.0. The fraction of sp³-hybridized carbons (Fsp3) is 0.0909. The maximum atomic E-state index is 5.69. The van der Waals surface area contributed by atoms with Crippen molar-refractivity contribution in [3.63, 3.8) is 0 Å². The Bertz CT molecular complexity index is 473. The number of benzene rings is 1. The van der Waals surface area contributed by atoms with E-state index in [-0.39, 0.29) is 0 Å². The zero-order chi connectivity index (χ0) is 11.4. The quantitative estimate of drug-likeness (QED) is 0.673. The molecule has 0 radical (unpaired) electrons. The normalized spacial score (nSPS) is 10.3. The summed E-state index contributed by atoms with van der Waals surface area (Å²) in [5.74, 6) is 0.758. The molecule has 0 amide bonds. The smallest absolute Gasteiger partial charge is 0.147 e. The van der Waals surface area contributed by atoms with Crippen LogP contribution in [0, 0.1) is 0 Å². The minimum absolute atomic E-state index is 0.415. The third-order valence-electron chi connectivity index (χ3n) is 1.92. The van der Waals surface area contributed by atoms with Crippen LogP contribution in [-0.2, 0) is 5.75 Å². The molecule has 2 rings (SSSR count). The van der Waals surface area contributed by atoms with Crippen molar-refractivity contribution in [3.05, 3.63) is 47.5 Å². The van der Waals surface area contributed by atoms with Crippen LogP contribution >= 0.6 is 23.4 Å². The minimum atomic E-state index is 0.415. The topological polar surface area (TPSA) is 51.8 Å². The minimum Gasteiger partial charge on any atom is -0.399 e. The molecule has 0 atom stereocenters. The summed E-state index contributed by atoms with van der Waals surface area (Å²) in [5, 5.41) is 0.415. The Hall–Kier alpha value is -1.26. The number of hydrogen-bond donors (Lipinski definition) is 1. The van der Waals surface area contributed by atoms with Gasteiger partial charge in [-0.3, -0.25) is 4.98 Å². The number of halogens is 1. The number of rotatable bonds is 3. The molecule has 0 aliphatic heterocycles. The molecule has 1 aromatic carbocycles. The van der Waals surface area contributed by atoms with E-state index in [0.717, 1.165) is 22.0 Å². The third kappa shape index (κ3) is 3.12. The number of hydrogen-bond acceptors (Lipinski definition) is 4. The van der Waals surface area contributed by atoms with Gasteiger partial charge in [-0.05, 0) is 18.2 Å². The van der Waals surface area contributed by atoms with Gasteiger partial charge in [-0.25, -0.2) is 4.98 Å². The second-order valence-electron chi connectivity index (χ2n) is 3.19. The Morgan fingerprint density at radius 2 is 2.12 bits per heavy atom. The Labute approximate surface area is 103 Å². The van der Waals surface area contributed by atoms with E-state index >= 15 is 0 Å². The van der Waals surface area contributed by atoms with Crippen LogP contribution in [0.2, 0.25) is 5.15 Å². The fourth-order valence-corrected chi connectivity index (χ4v) is 2.13. The molecule has 3 nitrogen and oxygen atoms in total. The van der Waals surface area contributed by atoms with Crippen molar-refractivity contribution in [2.45, 2.75) is 10.6 Å². The molecule has 0 aliphatic carbocycles. The van der Waals surface area contributed by atoms with Crippen molar-refractivity contribution >= 4 is 29.1 Å². The predicted octanol–water partition coefficient (Wildman–Crippen LogP) is 3.00. The molecule has 0 saturated heterocycles. The van der Waals surface area contributed by atoms with Crippen LogP contribution in [0.25, 0.3) is 0 Å². The molecule has 1 heterocycles. The standard InChI is InChI=1S/C11H10ClN3S/c12-11-6-14-9(5-15-11)7-16-10-3-1-2-8(13)4-10/h1-6H,7,13H2. The van der Waals surface area contributed by atoms with Crippen molar-refractivity contribution in [1.82, 2.24) is 9.97 Å². The van der Waals surface area contributed by atoms with Crippen LogP contribution in [0.4, 0.5) is 5.69 Å². The van der Waals surface area contributed by atoms with Crippen molar-refractivity contribution in [1.29, 1.82) is 0 Å². The molecule has 2 aromatic rings. The van der Waals surface area contributed by atoms with E-state index < -0.39 is 0 Å². The molecule has 16 heavy (non-hydrogen) atoms. The summed E-state index contributed by atoms with van der Waals surface area (Å²) < 4.78 is 0. The maximum absolute atomic E-state index is 5.69. The zero-order valence-electron chi connectivity index (χ0n) is 8.43. The van der Waals surface area contributed by atoms with Gasteiger partial charge in [0, 0.05) is 16.3 Å². The van der Waals surface area contributed by atoms with Crippen LogP contribution in [0.5, 0.6) is 0 Å². The molecule has 0 spiro atoms. The summed E-state index contributed by atoms with van der Waals surface area (Å²) in [4.78, 5) is 9.27. The SMILES string of the molecule is Nc1cccc(SCc2cnc(Cl)cn2)c1. The summed E-state index contributed by atoms with van der Waals surface area (Å²) in [6.07, 6.45) is 3.23. The molecule has 0 bridgehead atoms. The molecule has 0 unspecified atom stereocenters. The highest BCUT2D eigenvalue weighted by Crippen LogP contribution is 2.23. The van der Waals surface area contributed by atoms with Crippen LogP contribution < -0.4 is 5.73 Å². The predicted molar refractivity (Wildman–Crippen MR) is 67.5 cm³/mol. The molecule has 0 fully saturated rings. The van der Waals surface area contributed by atoms with Gasteiger partial charge in [-0.1, -0.05) is 17.7 Å². The molecular weight excluding hydrogens is 242 g/mol. The van der Waals surface area contributed by atoms with Crippen LogP contribution in [0.15, 0.2) is 41.6 Å². The lowest BCUT2D eigenvalue weighted by Gasteiger charge is -2.02. The fourth-order valence-electron chi connectivity index (χ4n) is 1.18. The highest BCUT2D eigenvalue weighted by Gasteiger charge is 1.98. The van der Waals surface area contributed by atoms with Gasteiger partial charge in [0.15, 0.2) is 0 Å². The first-order valence-electron chi connectivity index (χ1n) is 4.69. The maximum Gasteiger partial charge on any atom is 0.147 e. The van der Waals surface area contributed by atoms with Crippen LogP contribution in [0.1, 0.15) is 5.69 Å². The van der Waals surface area contributed by atoms with E-state index in [1.54, 1.807) is 24.2 Å². The molecule has 2 N–H and O–H groups in total. The average molecular weight is 252 g/mol. The summed E-state index contributed by atoms with van der Waals surface area (Å²) in [6, 6.07) is 7.76. The van der Waals surface area contributed by atoms with Crippen molar-refractivity contribution < 1.29 is 0 Å². The molecular formula is C11H10ClN3S. The monoisotopic (exact) mass is 251 g/mol. The molecule has 5 heteroatoms. The van der Waals surface area contributed by atoms with Gasteiger partial charge in [0.25, 0.3) is 0 Å². The number of nitrogens with zero attached hydrogens (tertiary/aromatic N) is 2. The first-order valence-corrected chi connectivity index (χ1v) is 6.05. The van der Waals surface area contributed by atoms with E-state index in [4.69, 9.17) is 17.3 Å². The summed E-state index contributed by atoms with van der Waals surface area (Å²) in [6.45, 7) is 0. The second-order valence-corrected chi connectivity index (χ2v) is 4.63. The van der Waals surface area contributed by atoms with Gasteiger partial charge in [0.1, 0.15) is 5.15 Å². The lowest BCUT2D eigenvalue weighted by molar-refractivity contribution is 1.10. The van der Waals surface area contributed by atoms with Gasteiger partial charge >= 0.3 is 0 Å². The molecule has 0 saturated carbocycles. The first kappa shape index (κ1) is 11.2. The number of nitrogen functional groups attached to an aromatic ring is 1. The summed E-state index contributed by atoms with van der Waals surface area (Å²) >= 11 is 7.32. The van der Waals surface area contributed by atoms with E-state index in [2.05, 4.69) is 9.97 Å². The number of aromatic nitrogens is 2. The van der Waals surface area contributed by atoms with Crippen LogP contribution in [0.3, 0.4) is 0 Å².